The molecule has 0 N–H and O–H groups in total. The Morgan fingerprint density at radius 3 is 2.80 bits per heavy atom. The van der Waals surface area contributed by atoms with E-state index in [9.17, 15) is 4.79 Å². The normalized spacial score (nSPS) is 34.8. The van der Waals surface area contributed by atoms with Crippen molar-refractivity contribution in [3.05, 3.63) is 0 Å². The molecule has 0 aromatic carbocycles. The van der Waals surface area contributed by atoms with Crippen molar-refractivity contribution >= 4 is 5.97 Å². The quantitative estimate of drug-likeness (QED) is 0.481. The highest BCUT2D eigenvalue weighted by Gasteiger charge is 2.20. The molecule has 0 saturated carbocycles. The third-order valence-corrected chi connectivity index (χ3v) is 1.97. The number of esters is 1. The van der Waals surface area contributed by atoms with E-state index >= 15 is 0 Å². The zero-order valence-corrected chi connectivity index (χ0v) is 6.59. The Labute approximate surface area is 61.6 Å². The molecule has 0 aliphatic carbocycles. The molecule has 0 aromatic rings. The first-order valence-electron chi connectivity index (χ1n) is 3.90. The average molecular weight is 142 g/mol. The van der Waals surface area contributed by atoms with Crippen LogP contribution in [0.5, 0.6) is 0 Å². The molecule has 2 heteroatoms. The van der Waals surface area contributed by atoms with Crippen LogP contribution in [-0.4, -0.2) is 12.1 Å². The largest absolute Gasteiger partial charge is 0.462 e. The second kappa shape index (κ2) is 3.04. The molecule has 0 amide bonds. The van der Waals surface area contributed by atoms with Crippen molar-refractivity contribution in [2.24, 2.45) is 5.92 Å². The Hall–Kier alpha value is -0.530. The summed E-state index contributed by atoms with van der Waals surface area (Å²) in [6, 6.07) is 0. The van der Waals surface area contributed by atoms with E-state index in [0.717, 1.165) is 19.3 Å². The molecular formula is C8H14O2. The molecule has 2 atom stereocenters. The van der Waals surface area contributed by atoms with Crippen molar-refractivity contribution in [2.45, 2.75) is 39.2 Å². The Bertz CT molecular complexity index is 131. The predicted octanol–water partition coefficient (Wildman–Crippen LogP) is 1.74. The molecule has 0 aromatic heterocycles. The van der Waals surface area contributed by atoms with Crippen LogP contribution in [0.2, 0.25) is 0 Å². The molecule has 1 aliphatic rings. The molecule has 1 aliphatic heterocycles. The number of hydrogen-bond acceptors (Lipinski definition) is 2. The van der Waals surface area contributed by atoms with Gasteiger partial charge in [0.1, 0.15) is 0 Å². The van der Waals surface area contributed by atoms with Gasteiger partial charge in [0.25, 0.3) is 0 Å². The topological polar surface area (TPSA) is 26.3 Å². The molecule has 1 fully saturated rings. The van der Waals surface area contributed by atoms with Crippen LogP contribution in [0.3, 0.4) is 0 Å². The number of hydrogen-bond donors (Lipinski definition) is 0. The van der Waals surface area contributed by atoms with Gasteiger partial charge >= 0.3 is 5.97 Å². The minimum atomic E-state index is -0.0231. The van der Waals surface area contributed by atoms with Gasteiger partial charge in [-0.15, -0.1) is 0 Å². The van der Waals surface area contributed by atoms with Gasteiger partial charge in [-0.3, -0.25) is 4.79 Å². The van der Waals surface area contributed by atoms with Crippen LogP contribution in [0.1, 0.15) is 33.1 Å². The summed E-state index contributed by atoms with van der Waals surface area (Å²) in [5.41, 5.74) is 0. The highest BCUT2D eigenvalue weighted by molar-refractivity contribution is 5.72. The number of rotatable bonds is 0. The minimum absolute atomic E-state index is 0.0231. The maximum Gasteiger partial charge on any atom is 0.308 e. The third kappa shape index (κ3) is 1.72. The van der Waals surface area contributed by atoms with Crippen molar-refractivity contribution in [1.82, 2.24) is 0 Å². The second-order valence-electron chi connectivity index (χ2n) is 3.08. The van der Waals surface area contributed by atoms with Crippen LogP contribution >= 0.6 is 0 Å². The summed E-state index contributed by atoms with van der Waals surface area (Å²) in [5.74, 6) is 0.0925. The van der Waals surface area contributed by atoms with Gasteiger partial charge in [-0.2, -0.15) is 0 Å². The minimum Gasteiger partial charge on any atom is -0.462 e. The van der Waals surface area contributed by atoms with E-state index < -0.39 is 0 Å². The fourth-order valence-corrected chi connectivity index (χ4v) is 1.20. The number of carbonyl (C=O) groups excluding carboxylic acids is 1. The summed E-state index contributed by atoms with van der Waals surface area (Å²) in [6.07, 6.45) is 3.27. The van der Waals surface area contributed by atoms with Crippen LogP contribution in [0, 0.1) is 5.92 Å². The molecule has 0 bridgehead atoms. The fraction of sp³-hybridized carbons (Fsp3) is 0.875. The molecule has 58 valence electrons. The van der Waals surface area contributed by atoms with E-state index in [2.05, 4.69) is 0 Å². The monoisotopic (exact) mass is 142 g/mol. The maximum absolute atomic E-state index is 11.0. The number of cyclic esters (lactones) is 1. The molecular weight excluding hydrogens is 128 g/mol. The standard InChI is InChI=1S/C8H14O2/c1-6-4-3-5-7(2)10-8(6)9/h6-7H,3-5H2,1-2H3/t6-,7+/m1/s1. The summed E-state index contributed by atoms with van der Waals surface area (Å²) in [7, 11) is 0. The molecule has 1 rings (SSSR count). The lowest BCUT2D eigenvalue weighted by molar-refractivity contribution is -0.151. The summed E-state index contributed by atoms with van der Waals surface area (Å²) >= 11 is 0. The third-order valence-electron chi connectivity index (χ3n) is 1.97. The van der Waals surface area contributed by atoms with E-state index in [4.69, 9.17) is 4.74 Å². The van der Waals surface area contributed by atoms with Crippen molar-refractivity contribution in [3.63, 3.8) is 0 Å². The van der Waals surface area contributed by atoms with Gasteiger partial charge in [0.15, 0.2) is 0 Å². The first kappa shape index (κ1) is 7.58. The van der Waals surface area contributed by atoms with Crippen LogP contribution < -0.4 is 0 Å². The lowest BCUT2D eigenvalue weighted by atomic mass is 10.1. The van der Waals surface area contributed by atoms with Gasteiger partial charge in [0, 0.05) is 0 Å². The molecule has 0 radical (unpaired) electrons. The van der Waals surface area contributed by atoms with E-state index in [0.29, 0.717) is 0 Å². The fourth-order valence-electron chi connectivity index (χ4n) is 1.20. The Morgan fingerprint density at radius 2 is 2.10 bits per heavy atom. The SMILES string of the molecule is C[C@@H]1CCC[C@H](C)OC1=O. The molecule has 0 spiro atoms. The highest BCUT2D eigenvalue weighted by Crippen LogP contribution is 2.18. The summed E-state index contributed by atoms with van der Waals surface area (Å²) < 4.78 is 5.08. The van der Waals surface area contributed by atoms with Crippen molar-refractivity contribution < 1.29 is 9.53 Å². The predicted molar refractivity (Wildman–Crippen MR) is 38.6 cm³/mol. The lowest BCUT2D eigenvalue weighted by Gasteiger charge is -2.08. The summed E-state index contributed by atoms with van der Waals surface area (Å²) in [6.45, 7) is 3.89. The van der Waals surface area contributed by atoms with E-state index in [-0.39, 0.29) is 18.0 Å². The summed E-state index contributed by atoms with van der Waals surface area (Å²) in [5, 5.41) is 0. The van der Waals surface area contributed by atoms with Crippen molar-refractivity contribution in [1.29, 1.82) is 0 Å². The van der Waals surface area contributed by atoms with E-state index in [1.54, 1.807) is 0 Å². The first-order valence-corrected chi connectivity index (χ1v) is 3.90. The summed E-state index contributed by atoms with van der Waals surface area (Å²) in [4.78, 5) is 11.0. The molecule has 2 nitrogen and oxygen atoms in total. The number of ether oxygens (including phenoxy) is 1. The van der Waals surface area contributed by atoms with Gasteiger partial charge in [-0.25, -0.2) is 0 Å². The van der Waals surface area contributed by atoms with Gasteiger partial charge in [-0.1, -0.05) is 6.92 Å². The van der Waals surface area contributed by atoms with Crippen molar-refractivity contribution in [3.8, 4) is 0 Å². The van der Waals surface area contributed by atoms with Gasteiger partial charge < -0.3 is 4.74 Å². The van der Waals surface area contributed by atoms with Gasteiger partial charge in [-0.05, 0) is 26.2 Å². The number of carbonyl (C=O) groups is 1. The van der Waals surface area contributed by atoms with E-state index in [1.807, 2.05) is 13.8 Å². The second-order valence-corrected chi connectivity index (χ2v) is 3.08. The van der Waals surface area contributed by atoms with Crippen LogP contribution in [-0.2, 0) is 9.53 Å². The van der Waals surface area contributed by atoms with Crippen LogP contribution in [0.25, 0.3) is 0 Å². The molecule has 10 heavy (non-hydrogen) atoms. The van der Waals surface area contributed by atoms with Gasteiger partial charge in [0.05, 0.1) is 12.0 Å². The zero-order chi connectivity index (χ0) is 7.56. The van der Waals surface area contributed by atoms with Gasteiger partial charge in [0.2, 0.25) is 0 Å². The molecule has 1 heterocycles. The van der Waals surface area contributed by atoms with Crippen molar-refractivity contribution in [2.75, 3.05) is 0 Å². The smallest absolute Gasteiger partial charge is 0.308 e. The Kier molecular flexibility index (Phi) is 2.30. The van der Waals surface area contributed by atoms with E-state index in [1.165, 1.54) is 0 Å². The molecule has 0 unspecified atom stereocenters. The van der Waals surface area contributed by atoms with Crippen LogP contribution in [0.4, 0.5) is 0 Å². The Morgan fingerprint density at radius 1 is 1.40 bits per heavy atom. The zero-order valence-electron chi connectivity index (χ0n) is 6.59. The molecule has 1 saturated heterocycles. The first-order chi connectivity index (χ1) is 4.70. The maximum atomic E-state index is 11.0. The van der Waals surface area contributed by atoms with Crippen LogP contribution in [0.15, 0.2) is 0 Å². The Balaban J connectivity index is 2.49. The lowest BCUT2D eigenvalue weighted by Crippen LogP contribution is -2.16. The average Bonchev–Trinajstić information content (AvgIpc) is 1.96. The highest BCUT2D eigenvalue weighted by atomic mass is 16.5.